The molecule has 0 aliphatic heterocycles. The highest BCUT2D eigenvalue weighted by atomic mass is 79.9. The largest absolute Gasteiger partial charge is 0.368 e. The minimum atomic E-state index is -0.249. The molecule has 1 heterocycles. The third-order valence-corrected chi connectivity index (χ3v) is 2.72. The third kappa shape index (κ3) is 3.13. The number of nitrogens with one attached hydrogen (secondary N) is 1. The van der Waals surface area contributed by atoms with E-state index in [0.29, 0.717) is 12.4 Å². The van der Waals surface area contributed by atoms with Crippen molar-refractivity contribution in [2.24, 2.45) is 0 Å². The van der Waals surface area contributed by atoms with Crippen molar-refractivity contribution in [1.82, 2.24) is 9.97 Å². The third-order valence-electron chi connectivity index (χ3n) is 2.14. The van der Waals surface area contributed by atoms with Gasteiger partial charge in [0.05, 0.1) is 4.47 Å². The van der Waals surface area contributed by atoms with Crippen molar-refractivity contribution in [2.75, 3.05) is 11.1 Å². The van der Waals surface area contributed by atoms with Crippen LogP contribution in [0.2, 0.25) is 0 Å². The van der Waals surface area contributed by atoms with E-state index in [2.05, 4.69) is 31.2 Å². The Kier molecular flexibility index (Phi) is 3.53. The molecule has 0 aliphatic carbocycles. The number of rotatable bonds is 3. The van der Waals surface area contributed by atoms with Crippen molar-refractivity contribution in [2.45, 2.75) is 6.54 Å². The van der Waals surface area contributed by atoms with Gasteiger partial charge in [0, 0.05) is 12.7 Å². The van der Waals surface area contributed by atoms with Crippen LogP contribution in [0, 0.1) is 5.82 Å². The van der Waals surface area contributed by atoms with Crippen LogP contribution in [0.25, 0.3) is 0 Å². The number of benzene rings is 1. The van der Waals surface area contributed by atoms with E-state index in [9.17, 15) is 4.39 Å². The molecule has 0 radical (unpaired) electrons. The van der Waals surface area contributed by atoms with Gasteiger partial charge in [0.1, 0.15) is 11.6 Å². The molecule has 1 aromatic carbocycles. The lowest BCUT2D eigenvalue weighted by atomic mass is 10.2. The Morgan fingerprint density at radius 3 is 2.71 bits per heavy atom. The summed E-state index contributed by atoms with van der Waals surface area (Å²) in [6, 6.07) is 6.25. The molecule has 2 aromatic rings. The number of halogens is 2. The van der Waals surface area contributed by atoms with Crippen molar-refractivity contribution in [3.8, 4) is 0 Å². The fraction of sp³-hybridized carbons (Fsp3) is 0.0909. The summed E-state index contributed by atoms with van der Waals surface area (Å²) in [5.74, 6) is 0.567. The van der Waals surface area contributed by atoms with E-state index in [-0.39, 0.29) is 11.8 Å². The zero-order valence-electron chi connectivity index (χ0n) is 8.82. The maximum Gasteiger partial charge on any atom is 0.221 e. The normalized spacial score (nSPS) is 10.2. The van der Waals surface area contributed by atoms with Crippen LogP contribution in [0.5, 0.6) is 0 Å². The molecular formula is C11H10BrFN4. The average molecular weight is 297 g/mol. The van der Waals surface area contributed by atoms with E-state index >= 15 is 0 Å². The molecule has 0 bridgehead atoms. The quantitative estimate of drug-likeness (QED) is 0.914. The minimum absolute atomic E-state index is 0.204. The smallest absolute Gasteiger partial charge is 0.221 e. The van der Waals surface area contributed by atoms with Crippen LogP contribution in [-0.4, -0.2) is 9.97 Å². The van der Waals surface area contributed by atoms with E-state index in [4.69, 9.17) is 5.73 Å². The van der Waals surface area contributed by atoms with Gasteiger partial charge in [-0.25, -0.2) is 9.37 Å². The fourth-order valence-electron chi connectivity index (χ4n) is 1.29. The van der Waals surface area contributed by atoms with Gasteiger partial charge >= 0.3 is 0 Å². The van der Waals surface area contributed by atoms with Gasteiger partial charge in [-0.1, -0.05) is 12.1 Å². The van der Waals surface area contributed by atoms with Gasteiger partial charge < -0.3 is 11.1 Å². The predicted molar refractivity (Wildman–Crippen MR) is 67.9 cm³/mol. The molecule has 0 spiro atoms. The standard InChI is InChI=1S/C11H10BrFN4/c12-9-6-16-11(14)17-10(9)15-5-7-1-3-8(13)4-2-7/h1-4,6H,5H2,(H3,14,15,16,17). The Morgan fingerprint density at radius 1 is 1.29 bits per heavy atom. The molecule has 0 fully saturated rings. The van der Waals surface area contributed by atoms with E-state index in [0.717, 1.165) is 10.0 Å². The topological polar surface area (TPSA) is 63.8 Å². The number of nitrogen functional groups attached to an aromatic ring is 1. The summed E-state index contributed by atoms with van der Waals surface area (Å²) >= 11 is 3.31. The first-order chi connectivity index (χ1) is 8.15. The van der Waals surface area contributed by atoms with Crippen molar-refractivity contribution in [3.05, 3.63) is 46.3 Å². The Morgan fingerprint density at radius 2 is 2.00 bits per heavy atom. The van der Waals surface area contributed by atoms with Gasteiger partial charge in [0.15, 0.2) is 0 Å². The van der Waals surface area contributed by atoms with Crippen molar-refractivity contribution < 1.29 is 4.39 Å². The molecule has 17 heavy (non-hydrogen) atoms. The van der Waals surface area contributed by atoms with Crippen LogP contribution in [0.15, 0.2) is 34.9 Å². The van der Waals surface area contributed by atoms with Crippen LogP contribution >= 0.6 is 15.9 Å². The van der Waals surface area contributed by atoms with Crippen molar-refractivity contribution >= 4 is 27.7 Å². The molecule has 2 rings (SSSR count). The summed E-state index contributed by atoms with van der Waals surface area (Å²) in [6.45, 7) is 0.537. The Balaban J connectivity index is 2.07. The highest BCUT2D eigenvalue weighted by molar-refractivity contribution is 9.10. The second-order valence-corrected chi connectivity index (χ2v) is 4.26. The number of aromatic nitrogens is 2. The van der Waals surface area contributed by atoms with Crippen LogP contribution in [0.1, 0.15) is 5.56 Å². The van der Waals surface area contributed by atoms with Gasteiger partial charge in [0.25, 0.3) is 0 Å². The summed E-state index contributed by atoms with van der Waals surface area (Å²) in [5, 5.41) is 3.09. The lowest BCUT2D eigenvalue weighted by molar-refractivity contribution is 0.627. The number of nitrogens with zero attached hydrogens (tertiary/aromatic N) is 2. The van der Waals surface area contributed by atoms with Crippen LogP contribution < -0.4 is 11.1 Å². The van der Waals surface area contributed by atoms with Gasteiger partial charge in [0.2, 0.25) is 5.95 Å². The molecule has 0 unspecified atom stereocenters. The Bertz CT molecular complexity index is 515. The zero-order chi connectivity index (χ0) is 12.3. The second-order valence-electron chi connectivity index (χ2n) is 3.40. The molecule has 0 amide bonds. The van der Waals surface area contributed by atoms with Crippen LogP contribution in [0.3, 0.4) is 0 Å². The highest BCUT2D eigenvalue weighted by Gasteiger charge is 2.02. The molecular weight excluding hydrogens is 287 g/mol. The lowest BCUT2D eigenvalue weighted by Crippen LogP contribution is -2.05. The van der Waals surface area contributed by atoms with Crippen molar-refractivity contribution in [1.29, 1.82) is 0 Å². The van der Waals surface area contributed by atoms with Crippen molar-refractivity contribution in [3.63, 3.8) is 0 Å². The number of hydrogen-bond acceptors (Lipinski definition) is 4. The minimum Gasteiger partial charge on any atom is -0.368 e. The first-order valence-electron chi connectivity index (χ1n) is 4.91. The molecule has 4 nitrogen and oxygen atoms in total. The van der Waals surface area contributed by atoms with Crippen LogP contribution in [0.4, 0.5) is 16.2 Å². The van der Waals surface area contributed by atoms with Crippen LogP contribution in [-0.2, 0) is 6.54 Å². The van der Waals surface area contributed by atoms with Gasteiger partial charge in [-0.2, -0.15) is 4.98 Å². The summed E-state index contributed by atoms with van der Waals surface area (Å²) in [6.07, 6.45) is 1.58. The van der Waals surface area contributed by atoms with E-state index in [1.807, 2.05) is 0 Å². The number of nitrogens with two attached hydrogens (primary N) is 1. The fourth-order valence-corrected chi connectivity index (χ4v) is 1.62. The maximum atomic E-state index is 12.7. The van der Waals surface area contributed by atoms with Gasteiger partial charge in [-0.05, 0) is 33.6 Å². The highest BCUT2D eigenvalue weighted by Crippen LogP contribution is 2.19. The molecule has 6 heteroatoms. The molecule has 0 atom stereocenters. The summed E-state index contributed by atoms with van der Waals surface area (Å²) in [7, 11) is 0. The van der Waals surface area contributed by atoms with E-state index in [1.54, 1.807) is 18.3 Å². The van der Waals surface area contributed by atoms with E-state index < -0.39 is 0 Å². The molecule has 1 aromatic heterocycles. The molecule has 88 valence electrons. The zero-order valence-corrected chi connectivity index (χ0v) is 10.4. The summed E-state index contributed by atoms with van der Waals surface area (Å²) < 4.78 is 13.4. The van der Waals surface area contributed by atoms with Gasteiger partial charge in [-0.3, -0.25) is 0 Å². The molecule has 0 saturated heterocycles. The average Bonchev–Trinajstić information content (AvgIpc) is 2.32. The first kappa shape index (κ1) is 11.8. The Hall–Kier alpha value is -1.69. The molecule has 0 aliphatic rings. The molecule has 0 saturated carbocycles. The Labute approximate surface area is 106 Å². The van der Waals surface area contributed by atoms with E-state index in [1.165, 1.54) is 12.1 Å². The number of hydrogen-bond donors (Lipinski definition) is 2. The molecule has 3 N–H and O–H groups in total. The first-order valence-corrected chi connectivity index (χ1v) is 5.71. The second kappa shape index (κ2) is 5.09. The predicted octanol–water partition coefficient (Wildman–Crippen LogP) is 2.57. The summed E-state index contributed by atoms with van der Waals surface area (Å²) in [5.41, 5.74) is 6.44. The maximum absolute atomic E-state index is 12.7. The SMILES string of the molecule is Nc1ncc(Br)c(NCc2ccc(F)cc2)n1. The summed E-state index contributed by atoms with van der Waals surface area (Å²) in [4.78, 5) is 7.88. The van der Waals surface area contributed by atoms with Gasteiger partial charge in [-0.15, -0.1) is 0 Å². The lowest BCUT2D eigenvalue weighted by Gasteiger charge is -2.07. The number of anilines is 2. The monoisotopic (exact) mass is 296 g/mol.